The van der Waals surface area contributed by atoms with E-state index in [1.807, 2.05) is 0 Å². The van der Waals surface area contributed by atoms with E-state index in [9.17, 15) is 9.18 Å². The molecule has 0 N–H and O–H groups in total. The molecule has 0 atom stereocenters. The standard InChI is InChI=1S/C12H8FNO/c13-12-10(7-4-8-14-12)11(15)9-5-2-1-3-6-9/h1-8H. The number of aromatic nitrogens is 1. The highest BCUT2D eigenvalue weighted by atomic mass is 19.1. The number of hydrogen-bond donors (Lipinski definition) is 0. The molecule has 2 nitrogen and oxygen atoms in total. The summed E-state index contributed by atoms with van der Waals surface area (Å²) in [5.41, 5.74) is 0.466. The van der Waals surface area contributed by atoms with Gasteiger partial charge in [-0.25, -0.2) is 4.98 Å². The number of carbonyl (C=O) groups excluding carboxylic acids is 1. The van der Waals surface area contributed by atoms with E-state index < -0.39 is 5.95 Å². The molecular formula is C12H8FNO. The summed E-state index contributed by atoms with van der Waals surface area (Å²) < 4.78 is 13.2. The lowest BCUT2D eigenvalue weighted by molar-refractivity contribution is 0.103. The fourth-order valence-corrected chi connectivity index (χ4v) is 1.30. The number of ketones is 1. The predicted octanol–water partition coefficient (Wildman–Crippen LogP) is 2.45. The maximum atomic E-state index is 13.2. The van der Waals surface area contributed by atoms with Crippen LogP contribution in [0, 0.1) is 5.95 Å². The van der Waals surface area contributed by atoms with Gasteiger partial charge in [0.05, 0.1) is 5.56 Å². The summed E-state index contributed by atoms with van der Waals surface area (Å²) >= 11 is 0. The largest absolute Gasteiger partial charge is 0.288 e. The quantitative estimate of drug-likeness (QED) is 0.551. The second-order valence-corrected chi connectivity index (χ2v) is 3.04. The molecule has 0 spiro atoms. The van der Waals surface area contributed by atoms with Gasteiger partial charge in [-0.2, -0.15) is 4.39 Å². The Balaban J connectivity index is 2.42. The number of benzene rings is 1. The zero-order chi connectivity index (χ0) is 10.7. The average molecular weight is 201 g/mol. The fraction of sp³-hybridized carbons (Fsp3) is 0. The topological polar surface area (TPSA) is 30.0 Å². The van der Waals surface area contributed by atoms with Crippen LogP contribution in [0.2, 0.25) is 0 Å². The summed E-state index contributed by atoms with van der Waals surface area (Å²) in [5, 5.41) is 0. The summed E-state index contributed by atoms with van der Waals surface area (Å²) in [4.78, 5) is 15.2. The summed E-state index contributed by atoms with van der Waals surface area (Å²) in [7, 11) is 0. The minimum atomic E-state index is -0.730. The van der Waals surface area contributed by atoms with Crippen LogP contribution in [0.4, 0.5) is 4.39 Å². The van der Waals surface area contributed by atoms with E-state index in [0.29, 0.717) is 5.56 Å². The Morgan fingerprint density at radius 3 is 2.47 bits per heavy atom. The zero-order valence-corrected chi connectivity index (χ0v) is 7.85. The van der Waals surface area contributed by atoms with Gasteiger partial charge in [0, 0.05) is 11.8 Å². The lowest BCUT2D eigenvalue weighted by Crippen LogP contribution is -2.04. The molecule has 0 amide bonds. The molecule has 74 valence electrons. The Kier molecular flexibility index (Phi) is 2.54. The van der Waals surface area contributed by atoms with Crippen LogP contribution in [-0.2, 0) is 0 Å². The predicted molar refractivity (Wildman–Crippen MR) is 54.1 cm³/mol. The first-order valence-corrected chi connectivity index (χ1v) is 4.49. The van der Waals surface area contributed by atoms with Crippen molar-refractivity contribution in [1.29, 1.82) is 0 Å². The maximum absolute atomic E-state index is 13.2. The Hall–Kier alpha value is -2.03. The van der Waals surface area contributed by atoms with Gasteiger partial charge in [0.1, 0.15) is 0 Å². The number of nitrogens with zero attached hydrogens (tertiary/aromatic N) is 1. The van der Waals surface area contributed by atoms with Crippen LogP contribution in [0.15, 0.2) is 48.7 Å². The Labute approximate surface area is 86.4 Å². The molecule has 0 unspecified atom stereocenters. The molecule has 0 radical (unpaired) electrons. The van der Waals surface area contributed by atoms with Gasteiger partial charge in [-0.05, 0) is 12.1 Å². The molecule has 0 saturated heterocycles. The minimum absolute atomic E-state index is 0.00343. The molecule has 0 aliphatic carbocycles. The van der Waals surface area contributed by atoms with E-state index in [1.165, 1.54) is 12.3 Å². The third-order valence-corrected chi connectivity index (χ3v) is 2.04. The van der Waals surface area contributed by atoms with Crippen LogP contribution in [0.25, 0.3) is 0 Å². The normalized spacial score (nSPS) is 9.93. The SMILES string of the molecule is O=C(c1ccccc1)c1cccnc1F. The van der Waals surface area contributed by atoms with E-state index >= 15 is 0 Å². The number of rotatable bonds is 2. The minimum Gasteiger partial charge on any atom is -0.288 e. The van der Waals surface area contributed by atoms with Crippen molar-refractivity contribution >= 4 is 5.78 Å². The van der Waals surface area contributed by atoms with Gasteiger partial charge < -0.3 is 0 Å². The smallest absolute Gasteiger partial charge is 0.224 e. The van der Waals surface area contributed by atoms with E-state index in [-0.39, 0.29) is 11.3 Å². The number of carbonyl (C=O) groups is 1. The van der Waals surface area contributed by atoms with Crippen LogP contribution < -0.4 is 0 Å². The summed E-state index contributed by atoms with van der Waals surface area (Å²) in [6, 6.07) is 11.5. The van der Waals surface area contributed by atoms with Crippen LogP contribution in [-0.4, -0.2) is 10.8 Å². The second-order valence-electron chi connectivity index (χ2n) is 3.04. The van der Waals surface area contributed by atoms with Gasteiger partial charge in [0.2, 0.25) is 5.95 Å². The van der Waals surface area contributed by atoms with Gasteiger partial charge in [0.15, 0.2) is 5.78 Å². The van der Waals surface area contributed by atoms with Crippen LogP contribution in [0.1, 0.15) is 15.9 Å². The number of hydrogen-bond acceptors (Lipinski definition) is 2. The highest BCUT2D eigenvalue weighted by Gasteiger charge is 2.13. The van der Waals surface area contributed by atoms with Crippen LogP contribution >= 0.6 is 0 Å². The molecule has 0 fully saturated rings. The van der Waals surface area contributed by atoms with Gasteiger partial charge >= 0.3 is 0 Å². The molecule has 2 aromatic rings. The molecule has 1 heterocycles. The van der Waals surface area contributed by atoms with Crippen LogP contribution in [0.3, 0.4) is 0 Å². The molecule has 0 aliphatic rings. The molecule has 1 aromatic carbocycles. The molecular weight excluding hydrogens is 193 g/mol. The first kappa shape index (κ1) is 9.52. The average Bonchev–Trinajstić information content (AvgIpc) is 2.30. The summed E-state index contributed by atoms with van der Waals surface area (Å²) in [5.74, 6) is -1.08. The van der Waals surface area contributed by atoms with Crippen LogP contribution in [0.5, 0.6) is 0 Å². The van der Waals surface area contributed by atoms with Crippen molar-refractivity contribution in [1.82, 2.24) is 4.98 Å². The summed E-state index contributed by atoms with van der Waals surface area (Å²) in [6.45, 7) is 0. The molecule has 1 aromatic heterocycles. The lowest BCUT2D eigenvalue weighted by atomic mass is 10.1. The van der Waals surface area contributed by atoms with Gasteiger partial charge in [-0.1, -0.05) is 30.3 Å². The van der Waals surface area contributed by atoms with Crippen molar-refractivity contribution in [3.63, 3.8) is 0 Å². The fourth-order valence-electron chi connectivity index (χ4n) is 1.30. The maximum Gasteiger partial charge on any atom is 0.224 e. The molecule has 2 rings (SSSR count). The van der Waals surface area contributed by atoms with Gasteiger partial charge in [0.25, 0.3) is 0 Å². The van der Waals surface area contributed by atoms with E-state index in [4.69, 9.17) is 0 Å². The number of pyridine rings is 1. The third-order valence-electron chi connectivity index (χ3n) is 2.04. The Morgan fingerprint density at radius 2 is 1.80 bits per heavy atom. The van der Waals surface area contributed by atoms with E-state index in [2.05, 4.69) is 4.98 Å². The highest BCUT2D eigenvalue weighted by molar-refractivity contribution is 6.08. The molecule has 0 aliphatic heterocycles. The number of halogens is 1. The Morgan fingerprint density at radius 1 is 1.07 bits per heavy atom. The highest BCUT2D eigenvalue weighted by Crippen LogP contribution is 2.10. The van der Waals surface area contributed by atoms with Crippen molar-refractivity contribution in [2.75, 3.05) is 0 Å². The first-order valence-electron chi connectivity index (χ1n) is 4.49. The van der Waals surface area contributed by atoms with Crippen molar-refractivity contribution in [3.05, 3.63) is 65.7 Å². The van der Waals surface area contributed by atoms with Gasteiger partial charge in [-0.3, -0.25) is 4.79 Å². The summed E-state index contributed by atoms with van der Waals surface area (Å²) in [6.07, 6.45) is 1.32. The second kappa shape index (κ2) is 4.00. The van der Waals surface area contributed by atoms with Crippen molar-refractivity contribution in [2.45, 2.75) is 0 Å². The van der Waals surface area contributed by atoms with Crippen molar-refractivity contribution in [2.24, 2.45) is 0 Å². The first-order chi connectivity index (χ1) is 7.29. The Bertz CT molecular complexity index is 482. The molecule has 15 heavy (non-hydrogen) atoms. The third kappa shape index (κ3) is 1.91. The monoisotopic (exact) mass is 201 g/mol. The molecule has 3 heteroatoms. The van der Waals surface area contributed by atoms with E-state index in [0.717, 1.165) is 0 Å². The molecule has 0 bridgehead atoms. The zero-order valence-electron chi connectivity index (χ0n) is 7.85. The van der Waals surface area contributed by atoms with Crippen molar-refractivity contribution in [3.8, 4) is 0 Å². The van der Waals surface area contributed by atoms with Gasteiger partial charge in [-0.15, -0.1) is 0 Å². The molecule has 0 saturated carbocycles. The lowest BCUT2D eigenvalue weighted by Gasteiger charge is -2.00. The van der Waals surface area contributed by atoms with E-state index in [1.54, 1.807) is 36.4 Å². The van der Waals surface area contributed by atoms with Crippen molar-refractivity contribution < 1.29 is 9.18 Å².